The number of amides is 1. The average molecular weight is 442 g/mol. The summed E-state index contributed by atoms with van der Waals surface area (Å²) in [7, 11) is 1.60. The third-order valence-corrected chi connectivity index (χ3v) is 5.76. The lowest BCUT2D eigenvalue weighted by Crippen LogP contribution is -2.40. The van der Waals surface area contributed by atoms with Crippen LogP contribution in [0, 0.1) is 10.1 Å². The number of carbonyl (C=O) groups is 1. The van der Waals surface area contributed by atoms with Crippen LogP contribution in [0.15, 0.2) is 53.3 Å². The van der Waals surface area contributed by atoms with Gasteiger partial charge >= 0.3 is 5.69 Å². The van der Waals surface area contributed by atoms with E-state index < -0.39 is 4.92 Å². The van der Waals surface area contributed by atoms with E-state index in [4.69, 9.17) is 11.6 Å². The van der Waals surface area contributed by atoms with Gasteiger partial charge in [-0.1, -0.05) is 29.8 Å². The maximum atomic E-state index is 13.1. The molecule has 2 aromatic carbocycles. The van der Waals surface area contributed by atoms with Crippen molar-refractivity contribution in [2.24, 2.45) is 7.05 Å². The van der Waals surface area contributed by atoms with Crippen molar-refractivity contribution < 1.29 is 9.72 Å². The van der Waals surface area contributed by atoms with Crippen molar-refractivity contribution in [3.8, 4) is 5.69 Å². The van der Waals surface area contributed by atoms with Gasteiger partial charge in [-0.25, -0.2) is 14.0 Å². The molecular formula is C21H20ClN5O4. The molecule has 0 radical (unpaired) electrons. The van der Waals surface area contributed by atoms with E-state index in [9.17, 15) is 19.7 Å². The van der Waals surface area contributed by atoms with Gasteiger partial charge in [0.05, 0.1) is 21.2 Å². The van der Waals surface area contributed by atoms with Crippen molar-refractivity contribution in [3.05, 3.63) is 85.5 Å². The average Bonchev–Trinajstić information content (AvgIpc) is 3.08. The number of nitro groups is 1. The van der Waals surface area contributed by atoms with E-state index in [0.717, 1.165) is 6.42 Å². The molecular weight excluding hydrogens is 422 g/mol. The number of hydrogen-bond donors (Lipinski definition) is 0. The molecule has 0 saturated carbocycles. The fourth-order valence-electron chi connectivity index (χ4n) is 3.90. The van der Waals surface area contributed by atoms with E-state index >= 15 is 0 Å². The summed E-state index contributed by atoms with van der Waals surface area (Å²) in [6, 6.07) is 13.1. The predicted octanol–water partition coefficient (Wildman–Crippen LogP) is 3.15. The van der Waals surface area contributed by atoms with Crippen LogP contribution < -0.4 is 5.69 Å². The zero-order valence-corrected chi connectivity index (χ0v) is 17.5. The van der Waals surface area contributed by atoms with Crippen LogP contribution in [-0.2, 0) is 7.05 Å². The van der Waals surface area contributed by atoms with E-state index in [-0.39, 0.29) is 33.8 Å². The summed E-state index contributed by atoms with van der Waals surface area (Å²) in [5.41, 5.74) is 0.356. The monoisotopic (exact) mass is 441 g/mol. The lowest BCUT2D eigenvalue weighted by molar-refractivity contribution is -0.384. The second-order valence-corrected chi connectivity index (χ2v) is 7.85. The maximum absolute atomic E-state index is 13.1. The first-order valence-corrected chi connectivity index (χ1v) is 10.2. The number of rotatable bonds is 4. The highest BCUT2D eigenvalue weighted by Crippen LogP contribution is 2.29. The number of para-hydroxylation sites is 1. The molecule has 31 heavy (non-hydrogen) atoms. The summed E-state index contributed by atoms with van der Waals surface area (Å²) < 4.78 is 2.86. The van der Waals surface area contributed by atoms with Gasteiger partial charge in [0.25, 0.3) is 11.6 Å². The number of hydrogen-bond acceptors (Lipinski definition) is 5. The molecule has 10 heteroatoms. The zero-order chi connectivity index (χ0) is 22.1. The van der Waals surface area contributed by atoms with E-state index in [1.54, 1.807) is 16.5 Å². The standard InChI is InChI=1S/C21H20ClN5O4/c1-24-21(29)26(15-7-3-2-4-8-15)19(23-24)14-6-5-11-25(13-14)20(28)17-12-16(27(30)31)9-10-18(17)22/h2-4,7-10,12,14H,5-6,11,13H2,1H3. The summed E-state index contributed by atoms with van der Waals surface area (Å²) in [6.45, 7) is 0.831. The zero-order valence-electron chi connectivity index (χ0n) is 16.8. The summed E-state index contributed by atoms with van der Waals surface area (Å²) in [5, 5.41) is 15.7. The van der Waals surface area contributed by atoms with E-state index in [0.29, 0.717) is 31.0 Å². The minimum absolute atomic E-state index is 0.0954. The Morgan fingerprint density at radius 1 is 1.23 bits per heavy atom. The Morgan fingerprint density at radius 3 is 2.68 bits per heavy atom. The molecule has 0 bridgehead atoms. The molecule has 0 aliphatic carbocycles. The number of aryl methyl sites for hydroxylation is 1. The molecule has 1 aliphatic rings. The topological polar surface area (TPSA) is 103 Å². The van der Waals surface area contributed by atoms with Crippen molar-refractivity contribution in [2.45, 2.75) is 18.8 Å². The molecule has 2 heterocycles. The number of nitro benzene ring substituents is 1. The first-order valence-electron chi connectivity index (χ1n) is 9.81. The quantitative estimate of drug-likeness (QED) is 0.457. The molecule has 1 aliphatic heterocycles. The van der Waals surface area contributed by atoms with Gasteiger partial charge < -0.3 is 4.90 Å². The van der Waals surface area contributed by atoms with Gasteiger partial charge in [-0.2, -0.15) is 5.10 Å². The molecule has 160 valence electrons. The van der Waals surface area contributed by atoms with Gasteiger partial charge in [-0.15, -0.1) is 0 Å². The molecule has 1 saturated heterocycles. The smallest absolute Gasteiger partial charge is 0.338 e. The molecule has 0 spiro atoms. The Balaban J connectivity index is 1.66. The molecule has 3 aromatic rings. The van der Waals surface area contributed by atoms with Crippen LogP contribution in [0.4, 0.5) is 5.69 Å². The number of piperidine rings is 1. The van der Waals surface area contributed by atoms with Gasteiger partial charge in [0, 0.05) is 38.2 Å². The normalized spacial score (nSPS) is 16.3. The van der Waals surface area contributed by atoms with E-state index in [2.05, 4.69) is 5.10 Å². The van der Waals surface area contributed by atoms with Gasteiger partial charge in [0.1, 0.15) is 5.82 Å². The predicted molar refractivity (Wildman–Crippen MR) is 115 cm³/mol. The molecule has 9 nitrogen and oxygen atoms in total. The van der Waals surface area contributed by atoms with Crippen LogP contribution >= 0.6 is 11.6 Å². The minimum Gasteiger partial charge on any atom is -0.338 e. The molecule has 1 aromatic heterocycles. The van der Waals surface area contributed by atoms with Crippen LogP contribution in [0.1, 0.15) is 34.9 Å². The number of non-ortho nitro benzene ring substituents is 1. The number of aromatic nitrogens is 3. The Hall–Kier alpha value is -3.46. The highest BCUT2D eigenvalue weighted by Gasteiger charge is 2.31. The van der Waals surface area contributed by atoms with Crippen molar-refractivity contribution in [1.29, 1.82) is 0 Å². The van der Waals surface area contributed by atoms with Gasteiger partial charge in [-0.05, 0) is 31.0 Å². The SMILES string of the molecule is Cn1nc(C2CCCN(C(=O)c3cc([N+](=O)[O-])ccc3Cl)C2)n(-c2ccccc2)c1=O. The number of halogens is 1. The summed E-state index contributed by atoms with van der Waals surface area (Å²) >= 11 is 6.17. The molecule has 4 rings (SSSR count). The van der Waals surface area contributed by atoms with Crippen LogP contribution in [0.2, 0.25) is 5.02 Å². The molecule has 1 unspecified atom stereocenters. The molecule has 1 atom stereocenters. The fraction of sp³-hybridized carbons (Fsp3) is 0.286. The van der Waals surface area contributed by atoms with Gasteiger partial charge in [-0.3, -0.25) is 14.9 Å². The van der Waals surface area contributed by atoms with E-state index in [1.807, 2.05) is 30.3 Å². The van der Waals surface area contributed by atoms with Crippen LogP contribution in [0.5, 0.6) is 0 Å². The van der Waals surface area contributed by atoms with Crippen molar-refractivity contribution in [3.63, 3.8) is 0 Å². The maximum Gasteiger partial charge on any atom is 0.350 e. The number of likely N-dealkylation sites (tertiary alicyclic amines) is 1. The fourth-order valence-corrected chi connectivity index (χ4v) is 4.10. The van der Waals surface area contributed by atoms with Gasteiger partial charge in [0.2, 0.25) is 0 Å². The number of nitrogens with zero attached hydrogens (tertiary/aromatic N) is 5. The summed E-state index contributed by atoms with van der Waals surface area (Å²) in [5.74, 6) is 0.0496. The van der Waals surface area contributed by atoms with Crippen molar-refractivity contribution in [2.75, 3.05) is 13.1 Å². The second-order valence-electron chi connectivity index (χ2n) is 7.45. The molecule has 0 N–H and O–H groups in total. The van der Waals surface area contributed by atoms with Crippen LogP contribution in [0.25, 0.3) is 5.69 Å². The minimum atomic E-state index is -0.557. The highest BCUT2D eigenvalue weighted by molar-refractivity contribution is 6.33. The summed E-state index contributed by atoms with van der Waals surface area (Å²) in [4.78, 5) is 38.0. The largest absolute Gasteiger partial charge is 0.350 e. The summed E-state index contributed by atoms with van der Waals surface area (Å²) in [6.07, 6.45) is 1.47. The number of carbonyl (C=O) groups excluding carboxylic acids is 1. The van der Waals surface area contributed by atoms with Gasteiger partial charge in [0.15, 0.2) is 0 Å². The molecule has 1 fully saturated rings. The molecule has 1 amide bonds. The van der Waals surface area contributed by atoms with Crippen molar-refractivity contribution >= 4 is 23.2 Å². The lowest BCUT2D eigenvalue weighted by Gasteiger charge is -2.32. The van der Waals surface area contributed by atoms with E-state index in [1.165, 1.54) is 22.9 Å². The Labute approximate surface area is 182 Å². The third kappa shape index (κ3) is 3.96. The third-order valence-electron chi connectivity index (χ3n) is 5.43. The van der Waals surface area contributed by atoms with Crippen LogP contribution in [0.3, 0.4) is 0 Å². The highest BCUT2D eigenvalue weighted by atomic mass is 35.5. The first kappa shape index (κ1) is 20.8. The Morgan fingerprint density at radius 2 is 1.97 bits per heavy atom. The second kappa shape index (κ2) is 8.35. The van der Waals surface area contributed by atoms with Crippen molar-refractivity contribution in [1.82, 2.24) is 19.2 Å². The lowest BCUT2D eigenvalue weighted by atomic mass is 9.96. The first-order chi connectivity index (χ1) is 14.9. The van der Waals surface area contributed by atoms with Crippen LogP contribution in [-0.4, -0.2) is 43.2 Å². The number of benzene rings is 2. The Bertz CT molecular complexity index is 1200. The Kier molecular flexibility index (Phi) is 5.60.